The maximum absolute atomic E-state index is 8.87. The molecule has 0 fully saturated rings. The number of aromatic nitrogens is 1. The summed E-state index contributed by atoms with van der Waals surface area (Å²) in [6, 6.07) is 12.1. The monoisotopic (exact) mass is 221 g/mol. The van der Waals surface area contributed by atoms with Crippen LogP contribution in [-0.4, -0.2) is 4.98 Å². The Morgan fingerprint density at radius 3 is 2.24 bits per heavy atom. The van der Waals surface area contributed by atoms with Crippen molar-refractivity contribution in [1.82, 2.24) is 4.98 Å². The highest BCUT2D eigenvalue weighted by molar-refractivity contribution is 5.49. The third-order valence-electron chi connectivity index (χ3n) is 2.12. The second-order valence-corrected chi connectivity index (χ2v) is 3.22. The van der Waals surface area contributed by atoms with Crippen LogP contribution in [0.1, 0.15) is 11.1 Å². The first-order valence-corrected chi connectivity index (χ1v) is 4.85. The number of ether oxygens (including phenoxy) is 1. The molecule has 0 bridgehead atoms. The Morgan fingerprint density at radius 1 is 0.882 bits per heavy atom. The van der Waals surface area contributed by atoms with Crippen molar-refractivity contribution in [2.45, 2.75) is 0 Å². The Kier molecular flexibility index (Phi) is 3.00. The molecule has 1 aromatic carbocycles. The minimum atomic E-state index is 0.305. The van der Waals surface area contributed by atoms with Crippen molar-refractivity contribution in [2.24, 2.45) is 0 Å². The number of nitrogens with zero attached hydrogens (tertiary/aromatic N) is 3. The Balaban J connectivity index is 2.30. The van der Waals surface area contributed by atoms with E-state index in [1.807, 2.05) is 12.1 Å². The van der Waals surface area contributed by atoms with E-state index >= 15 is 0 Å². The average molecular weight is 221 g/mol. The van der Waals surface area contributed by atoms with Gasteiger partial charge in [0.1, 0.15) is 23.6 Å². The van der Waals surface area contributed by atoms with Crippen molar-refractivity contribution >= 4 is 0 Å². The number of hydrogen-bond donors (Lipinski definition) is 0. The molecule has 80 valence electrons. The molecule has 4 heteroatoms. The molecule has 0 spiro atoms. The van der Waals surface area contributed by atoms with Gasteiger partial charge in [-0.2, -0.15) is 10.5 Å². The van der Waals surface area contributed by atoms with Gasteiger partial charge in [-0.15, -0.1) is 0 Å². The van der Waals surface area contributed by atoms with Gasteiger partial charge in [-0.25, -0.2) is 0 Å². The first-order chi connectivity index (χ1) is 8.33. The van der Waals surface area contributed by atoms with Gasteiger partial charge in [-0.1, -0.05) is 0 Å². The highest BCUT2D eigenvalue weighted by atomic mass is 16.5. The maximum Gasteiger partial charge on any atom is 0.130 e. The summed E-state index contributed by atoms with van der Waals surface area (Å²) < 4.78 is 5.52. The van der Waals surface area contributed by atoms with Gasteiger partial charge in [0.2, 0.25) is 0 Å². The van der Waals surface area contributed by atoms with Gasteiger partial charge in [-0.3, -0.25) is 4.98 Å². The van der Waals surface area contributed by atoms with Crippen LogP contribution < -0.4 is 4.74 Å². The second kappa shape index (κ2) is 4.78. The van der Waals surface area contributed by atoms with E-state index in [1.54, 1.807) is 42.7 Å². The van der Waals surface area contributed by atoms with Gasteiger partial charge in [-0.05, 0) is 30.3 Å². The van der Waals surface area contributed by atoms with Gasteiger partial charge >= 0.3 is 0 Å². The smallest absolute Gasteiger partial charge is 0.130 e. The molecule has 4 nitrogen and oxygen atoms in total. The lowest BCUT2D eigenvalue weighted by Crippen LogP contribution is -1.88. The predicted octanol–water partition coefficient (Wildman–Crippen LogP) is 2.62. The molecule has 17 heavy (non-hydrogen) atoms. The topological polar surface area (TPSA) is 69.7 Å². The van der Waals surface area contributed by atoms with Crippen molar-refractivity contribution in [2.75, 3.05) is 0 Å². The number of rotatable bonds is 2. The number of nitriles is 2. The fourth-order valence-corrected chi connectivity index (χ4v) is 1.32. The molecule has 0 aliphatic carbocycles. The fraction of sp³-hybridized carbons (Fsp3) is 0. The van der Waals surface area contributed by atoms with Crippen LogP contribution in [0.25, 0.3) is 0 Å². The quantitative estimate of drug-likeness (QED) is 0.781. The summed E-state index contributed by atoms with van der Waals surface area (Å²) in [5, 5.41) is 17.7. The van der Waals surface area contributed by atoms with Gasteiger partial charge in [0, 0.05) is 12.4 Å². The lowest BCUT2D eigenvalue weighted by Gasteiger charge is -2.05. The molecule has 0 unspecified atom stereocenters. The van der Waals surface area contributed by atoms with E-state index < -0.39 is 0 Å². The third-order valence-corrected chi connectivity index (χ3v) is 2.12. The first-order valence-electron chi connectivity index (χ1n) is 4.85. The summed E-state index contributed by atoms with van der Waals surface area (Å²) in [7, 11) is 0. The average Bonchev–Trinajstić information content (AvgIpc) is 2.40. The van der Waals surface area contributed by atoms with Crippen molar-refractivity contribution < 1.29 is 4.74 Å². The first kappa shape index (κ1) is 10.7. The van der Waals surface area contributed by atoms with Crippen LogP contribution in [-0.2, 0) is 0 Å². The Labute approximate surface area is 98.3 Å². The van der Waals surface area contributed by atoms with Crippen molar-refractivity contribution in [3.63, 3.8) is 0 Å². The third kappa shape index (κ3) is 2.39. The standard InChI is InChI=1S/C13H7N3O/c14-8-10-1-2-13(7-11(10)9-15)17-12-3-5-16-6-4-12/h1-7H. The molecule has 0 radical (unpaired) electrons. The van der Waals surface area contributed by atoms with Crippen molar-refractivity contribution in [3.8, 4) is 23.6 Å². The SMILES string of the molecule is N#Cc1ccc(Oc2ccncc2)cc1C#N. The van der Waals surface area contributed by atoms with Gasteiger partial charge < -0.3 is 4.74 Å². The summed E-state index contributed by atoms with van der Waals surface area (Å²) in [5.41, 5.74) is 0.647. The molecule has 0 atom stereocenters. The van der Waals surface area contributed by atoms with Crippen molar-refractivity contribution in [3.05, 3.63) is 53.9 Å². The highest BCUT2D eigenvalue weighted by Crippen LogP contribution is 2.22. The molecule has 2 aromatic rings. The van der Waals surface area contributed by atoms with Crippen molar-refractivity contribution in [1.29, 1.82) is 10.5 Å². The normalized spacial score (nSPS) is 9.06. The number of pyridine rings is 1. The number of benzene rings is 1. The summed E-state index contributed by atoms with van der Waals surface area (Å²) >= 11 is 0. The molecule has 1 aromatic heterocycles. The van der Waals surface area contributed by atoms with E-state index in [1.165, 1.54) is 0 Å². The molecule has 0 aliphatic rings. The van der Waals surface area contributed by atoms with Crippen LogP contribution in [0.4, 0.5) is 0 Å². The lowest BCUT2D eigenvalue weighted by atomic mass is 10.1. The van der Waals surface area contributed by atoms with Crippen LogP contribution in [0.15, 0.2) is 42.7 Å². The van der Waals surface area contributed by atoms with E-state index in [-0.39, 0.29) is 0 Å². The van der Waals surface area contributed by atoms with E-state index in [9.17, 15) is 0 Å². The van der Waals surface area contributed by atoms with Crippen LogP contribution >= 0.6 is 0 Å². The van der Waals surface area contributed by atoms with Gasteiger partial charge in [0.05, 0.1) is 11.1 Å². The minimum Gasteiger partial charge on any atom is -0.457 e. The highest BCUT2D eigenvalue weighted by Gasteiger charge is 2.04. The molecule has 0 N–H and O–H groups in total. The van der Waals surface area contributed by atoms with Gasteiger partial charge in [0.15, 0.2) is 0 Å². The molecule has 1 heterocycles. The fourth-order valence-electron chi connectivity index (χ4n) is 1.32. The minimum absolute atomic E-state index is 0.305. The summed E-state index contributed by atoms with van der Waals surface area (Å²) in [4.78, 5) is 3.87. The van der Waals surface area contributed by atoms with E-state index in [0.29, 0.717) is 22.6 Å². The second-order valence-electron chi connectivity index (χ2n) is 3.22. The molecule has 0 saturated heterocycles. The summed E-state index contributed by atoms with van der Waals surface area (Å²) in [6.07, 6.45) is 3.23. The van der Waals surface area contributed by atoms with Crippen LogP contribution in [0.3, 0.4) is 0 Å². The zero-order chi connectivity index (χ0) is 12.1. The van der Waals surface area contributed by atoms with E-state index in [4.69, 9.17) is 15.3 Å². The Bertz CT molecular complexity index is 609. The molecule has 0 saturated carbocycles. The zero-order valence-electron chi connectivity index (χ0n) is 8.79. The molecule has 0 aliphatic heterocycles. The maximum atomic E-state index is 8.87. The lowest BCUT2D eigenvalue weighted by molar-refractivity contribution is 0.481. The summed E-state index contributed by atoms with van der Waals surface area (Å²) in [5.74, 6) is 1.15. The molecule has 2 rings (SSSR count). The van der Waals surface area contributed by atoms with E-state index in [2.05, 4.69) is 4.98 Å². The molecular formula is C13H7N3O. The van der Waals surface area contributed by atoms with Crippen LogP contribution in [0, 0.1) is 22.7 Å². The molecule has 0 amide bonds. The van der Waals surface area contributed by atoms with Gasteiger partial charge in [0.25, 0.3) is 0 Å². The predicted molar refractivity (Wildman–Crippen MR) is 60.2 cm³/mol. The number of hydrogen-bond acceptors (Lipinski definition) is 4. The summed E-state index contributed by atoms with van der Waals surface area (Å²) in [6.45, 7) is 0. The van der Waals surface area contributed by atoms with Crippen LogP contribution in [0.5, 0.6) is 11.5 Å². The molecular weight excluding hydrogens is 214 g/mol. The van der Waals surface area contributed by atoms with E-state index in [0.717, 1.165) is 0 Å². The van der Waals surface area contributed by atoms with Crippen LogP contribution in [0.2, 0.25) is 0 Å². The zero-order valence-corrected chi connectivity index (χ0v) is 8.79. The largest absolute Gasteiger partial charge is 0.457 e. The Hall–Kier alpha value is -2.85. The Morgan fingerprint density at radius 2 is 1.59 bits per heavy atom.